The zero-order chi connectivity index (χ0) is 15.4. The Morgan fingerprint density at radius 1 is 1.29 bits per heavy atom. The van der Waals surface area contributed by atoms with Crippen LogP contribution in [0.3, 0.4) is 0 Å². The Morgan fingerprint density at radius 2 is 2.00 bits per heavy atom. The maximum Gasteiger partial charge on any atom is 0.0627 e. The highest BCUT2D eigenvalue weighted by atomic mass is 79.9. The molecule has 1 fully saturated rings. The summed E-state index contributed by atoms with van der Waals surface area (Å²) in [6, 6.07) is 2.80. The van der Waals surface area contributed by atoms with E-state index in [4.69, 9.17) is 5.10 Å². The van der Waals surface area contributed by atoms with Crippen molar-refractivity contribution in [2.45, 2.75) is 77.1 Å². The second-order valence-corrected chi connectivity index (χ2v) is 8.23. The molecule has 1 saturated carbocycles. The molecule has 1 aliphatic carbocycles. The standard InChI is InChI=1S/C18H31BrN2/c1-5-17(6-2)21-10-9-16(20-21)12-15-11-14(13(3)4)7-8-18(15)19/h9-10,13-15,17-18H,5-8,11-12H2,1-4H3. The van der Waals surface area contributed by atoms with Crippen LogP contribution in [0.1, 0.15) is 71.5 Å². The molecule has 1 aromatic heterocycles. The molecule has 0 amide bonds. The van der Waals surface area contributed by atoms with Crippen molar-refractivity contribution in [3.8, 4) is 0 Å². The molecular formula is C18H31BrN2. The summed E-state index contributed by atoms with van der Waals surface area (Å²) in [5, 5.41) is 4.85. The summed E-state index contributed by atoms with van der Waals surface area (Å²) in [5.41, 5.74) is 1.28. The van der Waals surface area contributed by atoms with Gasteiger partial charge in [-0.25, -0.2) is 0 Å². The zero-order valence-electron chi connectivity index (χ0n) is 14.1. The number of alkyl halides is 1. The number of hydrogen-bond donors (Lipinski definition) is 0. The summed E-state index contributed by atoms with van der Waals surface area (Å²) in [5.74, 6) is 2.45. The van der Waals surface area contributed by atoms with Crippen LogP contribution in [0, 0.1) is 17.8 Å². The highest BCUT2D eigenvalue weighted by Crippen LogP contribution is 2.38. The number of nitrogens with zero attached hydrogens (tertiary/aromatic N) is 2. The highest BCUT2D eigenvalue weighted by molar-refractivity contribution is 9.09. The van der Waals surface area contributed by atoms with E-state index >= 15 is 0 Å². The molecule has 0 saturated heterocycles. The molecule has 1 aromatic rings. The third-order valence-corrected chi connectivity index (χ3v) is 6.53. The molecule has 3 heteroatoms. The lowest BCUT2D eigenvalue weighted by atomic mass is 9.75. The average molecular weight is 355 g/mol. The Morgan fingerprint density at radius 3 is 2.62 bits per heavy atom. The molecule has 0 radical (unpaired) electrons. The first-order chi connectivity index (χ1) is 10.0. The van der Waals surface area contributed by atoms with E-state index in [2.05, 4.69) is 60.6 Å². The van der Waals surface area contributed by atoms with Gasteiger partial charge in [-0.15, -0.1) is 0 Å². The molecule has 1 aliphatic rings. The predicted molar refractivity (Wildman–Crippen MR) is 93.9 cm³/mol. The maximum absolute atomic E-state index is 4.85. The summed E-state index contributed by atoms with van der Waals surface area (Å²) in [6.45, 7) is 9.24. The van der Waals surface area contributed by atoms with Gasteiger partial charge in [0.15, 0.2) is 0 Å². The van der Waals surface area contributed by atoms with Crippen LogP contribution < -0.4 is 0 Å². The number of hydrogen-bond acceptors (Lipinski definition) is 1. The van der Waals surface area contributed by atoms with E-state index in [1.54, 1.807) is 0 Å². The van der Waals surface area contributed by atoms with Gasteiger partial charge in [0, 0.05) is 11.0 Å². The summed E-state index contributed by atoms with van der Waals surface area (Å²) >= 11 is 3.92. The minimum atomic E-state index is 0.563. The maximum atomic E-state index is 4.85. The van der Waals surface area contributed by atoms with Crippen LogP contribution in [-0.4, -0.2) is 14.6 Å². The molecule has 3 atom stereocenters. The lowest BCUT2D eigenvalue weighted by Crippen LogP contribution is -2.29. The lowest BCUT2D eigenvalue weighted by molar-refractivity contribution is 0.221. The monoisotopic (exact) mass is 354 g/mol. The van der Waals surface area contributed by atoms with Gasteiger partial charge in [-0.2, -0.15) is 5.10 Å². The SMILES string of the molecule is CCC(CC)n1ccc(CC2CC(C(C)C)CCC2Br)n1. The van der Waals surface area contributed by atoms with E-state index in [9.17, 15) is 0 Å². The molecular weight excluding hydrogens is 324 g/mol. The molecule has 2 nitrogen and oxygen atoms in total. The molecule has 0 aromatic carbocycles. The van der Waals surface area contributed by atoms with Crippen LogP contribution in [0.5, 0.6) is 0 Å². The summed E-state index contributed by atoms with van der Waals surface area (Å²) in [6.07, 6.45) is 9.69. The summed E-state index contributed by atoms with van der Waals surface area (Å²) < 4.78 is 2.18. The number of aromatic nitrogens is 2. The van der Waals surface area contributed by atoms with Gasteiger partial charge in [-0.1, -0.05) is 43.6 Å². The summed E-state index contributed by atoms with van der Waals surface area (Å²) in [7, 11) is 0. The van der Waals surface area contributed by atoms with Crippen molar-refractivity contribution in [3.05, 3.63) is 18.0 Å². The molecule has 0 aliphatic heterocycles. The second kappa shape index (κ2) is 7.80. The third-order valence-electron chi connectivity index (χ3n) is 5.32. The molecule has 21 heavy (non-hydrogen) atoms. The van der Waals surface area contributed by atoms with Gasteiger partial charge < -0.3 is 0 Å². The Balaban J connectivity index is 1.99. The Labute approximate surface area is 138 Å². The van der Waals surface area contributed by atoms with Crippen LogP contribution >= 0.6 is 15.9 Å². The van der Waals surface area contributed by atoms with Crippen molar-refractivity contribution in [3.63, 3.8) is 0 Å². The van der Waals surface area contributed by atoms with Gasteiger partial charge in [0.2, 0.25) is 0 Å². The van der Waals surface area contributed by atoms with Gasteiger partial charge in [0.25, 0.3) is 0 Å². The molecule has 0 spiro atoms. The normalized spacial score (nSPS) is 26.7. The zero-order valence-corrected chi connectivity index (χ0v) is 15.6. The van der Waals surface area contributed by atoms with E-state index in [1.165, 1.54) is 25.0 Å². The first-order valence-electron chi connectivity index (χ1n) is 8.73. The fraction of sp³-hybridized carbons (Fsp3) is 0.833. The second-order valence-electron chi connectivity index (χ2n) is 7.05. The van der Waals surface area contributed by atoms with E-state index in [-0.39, 0.29) is 0 Å². The topological polar surface area (TPSA) is 17.8 Å². The fourth-order valence-electron chi connectivity index (χ4n) is 3.70. The van der Waals surface area contributed by atoms with Crippen molar-refractivity contribution >= 4 is 15.9 Å². The highest BCUT2D eigenvalue weighted by Gasteiger charge is 2.30. The van der Waals surface area contributed by atoms with Crippen LogP contribution in [-0.2, 0) is 6.42 Å². The van der Waals surface area contributed by atoms with Gasteiger partial charge in [-0.3, -0.25) is 4.68 Å². The number of halogens is 1. The van der Waals surface area contributed by atoms with Gasteiger partial charge in [-0.05, 0) is 62.3 Å². The van der Waals surface area contributed by atoms with Crippen LogP contribution in [0.15, 0.2) is 12.3 Å². The van der Waals surface area contributed by atoms with E-state index < -0.39 is 0 Å². The Hall–Kier alpha value is -0.310. The minimum absolute atomic E-state index is 0.563. The van der Waals surface area contributed by atoms with Crippen molar-refractivity contribution < 1.29 is 0 Å². The van der Waals surface area contributed by atoms with Crippen molar-refractivity contribution in [1.82, 2.24) is 9.78 Å². The van der Waals surface area contributed by atoms with Gasteiger partial charge in [0.05, 0.1) is 11.7 Å². The van der Waals surface area contributed by atoms with Crippen LogP contribution in [0.4, 0.5) is 0 Å². The molecule has 3 unspecified atom stereocenters. The molecule has 2 rings (SSSR count). The van der Waals surface area contributed by atoms with Crippen molar-refractivity contribution in [1.29, 1.82) is 0 Å². The van der Waals surface area contributed by atoms with E-state index in [0.29, 0.717) is 10.9 Å². The average Bonchev–Trinajstić information content (AvgIpc) is 2.91. The van der Waals surface area contributed by atoms with Crippen molar-refractivity contribution in [2.24, 2.45) is 17.8 Å². The third kappa shape index (κ3) is 4.34. The van der Waals surface area contributed by atoms with E-state index in [1.807, 2.05) is 0 Å². The quantitative estimate of drug-likeness (QED) is 0.605. The smallest absolute Gasteiger partial charge is 0.0627 e. The summed E-state index contributed by atoms with van der Waals surface area (Å²) in [4.78, 5) is 0.672. The van der Waals surface area contributed by atoms with Gasteiger partial charge >= 0.3 is 0 Å². The van der Waals surface area contributed by atoms with Crippen LogP contribution in [0.25, 0.3) is 0 Å². The van der Waals surface area contributed by atoms with Crippen LogP contribution in [0.2, 0.25) is 0 Å². The molecule has 120 valence electrons. The molecule has 0 bridgehead atoms. The number of rotatable bonds is 6. The van der Waals surface area contributed by atoms with E-state index in [0.717, 1.165) is 37.0 Å². The Bertz CT molecular complexity index is 423. The predicted octanol–water partition coefficient (Wildman–Crippen LogP) is 5.62. The largest absolute Gasteiger partial charge is 0.269 e. The fourth-order valence-corrected chi connectivity index (χ4v) is 4.37. The lowest BCUT2D eigenvalue weighted by Gasteiger charge is -2.35. The first-order valence-corrected chi connectivity index (χ1v) is 9.64. The molecule has 1 heterocycles. The minimum Gasteiger partial charge on any atom is -0.269 e. The van der Waals surface area contributed by atoms with Crippen molar-refractivity contribution in [2.75, 3.05) is 0 Å². The first kappa shape index (κ1) is 17.1. The van der Waals surface area contributed by atoms with Gasteiger partial charge in [0.1, 0.15) is 0 Å². The Kier molecular flexibility index (Phi) is 6.34. The molecule has 0 N–H and O–H groups in total.